The van der Waals surface area contributed by atoms with Gasteiger partial charge in [-0.1, -0.05) is 18.2 Å². The minimum Gasteiger partial charge on any atom is -0.278 e. The summed E-state index contributed by atoms with van der Waals surface area (Å²) < 4.78 is 0. The Labute approximate surface area is 125 Å². The lowest BCUT2D eigenvalue weighted by Gasteiger charge is -2.03. The van der Waals surface area contributed by atoms with E-state index < -0.39 is 9.85 Å². The summed E-state index contributed by atoms with van der Waals surface area (Å²) in [5.74, 6) is 0. The first-order valence-electron chi connectivity index (χ1n) is 6.26. The molecule has 0 fully saturated rings. The van der Waals surface area contributed by atoms with E-state index in [4.69, 9.17) is 0 Å². The molecule has 8 nitrogen and oxygen atoms in total. The summed E-state index contributed by atoms with van der Waals surface area (Å²) in [5.41, 5.74) is 3.98. The molecule has 0 bridgehead atoms. The molecule has 0 aliphatic carbocycles. The molecule has 22 heavy (non-hydrogen) atoms. The zero-order valence-electron chi connectivity index (χ0n) is 11.6. The first kappa shape index (κ1) is 15.1. The maximum absolute atomic E-state index is 11.0. The highest BCUT2D eigenvalue weighted by molar-refractivity contribution is 5.86. The maximum atomic E-state index is 11.0. The molecule has 0 heterocycles. The van der Waals surface area contributed by atoms with Crippen LogP contribution < -0.4 is 5.43 Å². The standard InChI is InChI=1S/C14H12N4O4/c1-10-4-2-3-5-13(10)16-15-9-11-6-7-12(17(19)20)8-14(11)18(21)22/h2-9,16H,1H3/b15-9+. The number of para-hydroxylation sites is 1. The van der Waals surface area contributed by atoms with Crippen LogP contribution in [0, 0.1) is 27.2 Å². The highest BCUT2D eigenvalue weighted by Gasteiger charge is 2.18. The molecule has 8 heteroatoms. The molecule has 0 amide bonds. The quantitative estimate of drug-likeness (QED) is 0.517. The van der Waals surface area contributed by atoms with Gasteiger partial charge < -0.3 is 0 Å². The summed E-state index contributed by atoms with van der Waals surface area (Å²) in [5, 5.41) is 25.6. The third-order valence-corrected chi connectivity index (χ3v) is 2.96. The van der Waals surface area contributed by atoms with E-state index in [-0.39, 0.29) is 16.9 Å². The summed E-state index contributed by atoms with van der Waals surface area (Å²) in [6, 6.07) is 10.8. The molecule has 0 saturated carbocycles. The predicted molar refractivity (Wildman–Crippen MR) is 82.1 cm³/mol. The number of aryl methyl sites for hydroxylation is 1. The van der Waals surface area contributed by atoms with Gasteiger partial charge in [0.25, 0.3) is 11.4 Å². The Bertz CT molecular complexity index is 758. The fraction of sp³-hybridized carbons (Fsp3) is 0.0714. The SMILES string of the molecule is Cc1ccccc1N/N=C/c1ccc([N+](=O)[O-])cc1[N+](=O)[O-]. The summed E-state index contributed by atoms with van der Waals surface area (Å²) in [4.78, 5) is 20.3. The highest BCUT2D eigenvalue weighted by atomic mass is 16.6. The Balaban J connectivity index is 2.25. The van der Waals surface area contributed by atoms with Crippen molar-refractivity contribution in [3.63, 3.8) is 0 Å². The average Bonchev–Trinajstić information content (AvgIpc) is 2.49. The van der Waals surface area contributed by atoms with E-state index >= 15 is 0 Å². The van der Waals surface area contributed by atoms with Gasteiger partial charge in [-0.25, -0.2) is 0 Å². The van der Waals surface area contributed by atoms with Crippen molar-refractivity contribution >= 4 is 23.3 Å². The zero-order chi connectivity index (χ0) is 16.1. The van der Waals surface area contributed by atoms with Crippen LogP contribution in [-0.4, -0.2) is 16.1 Å². The highest BCUT2D eigenvalue weighted by Crippen LogP contribution is 2.23. The molecule has 0 radical (unpaired) electrons. The van der Waals surface area contributed by atoms with E-state index in [2.05, 4.69) is 10.5 Å². The lowest BCUT2D eigenvalue weighted by Crippen LogP contribution is -1.99. The van der Waals surface area contributed by atoms with E-state index in [1.807, 2.05) is 31.2 Å². The molecule has 112 valence electrons. The van der Waals surface area contributed by atoms with Gasteiger partial charge >= 0.3 is 0 Å². The van der Waals surface area contributed by atoms with Crippen LogP contribution in [0.5, 0.6) is 0 Å². The topological polar surface area (TPSA) is 111 Å². The monoisotopic (exact) mass is 300 g/mol. The van der Waals surface area contributed by atoms with Gasteiger partial charge in [0, 0.05) is 6.07 Å². The number of hydrogen-bond acceptors (Lipinski definition) is 6. The van der Waals surface area contributed by atoms with Gasteiger partial charge in [-0.15, -0.1) is 0 Å². The first-order valence-corrected chi connectivity index (χ1v) is 6.26. The van der Waals surface area contributed by atoms with E-state index in [9.17, 15) is 20.2 Å². The van der Waals surface area contributed by atoms with Gasteiger partial charge in [-0.3, -0.25) is 25.7 Å². The van der Waals surface area contributed by atoms with Gasteiger partial charge in [0.05, 0.1) is 33.4 Å². The van der Waals surface area contributed by atoms with Crippen molar-refractivity contribution in [3.8, 4) is 0 Å². The van der Waals surface area contributed by atoms with Crippen molar-refractivity contribution in [3.05, 3.63) is 73.8 Å². The second-order valence-electron chi connectivity index (χ2n) is 4.44. The van der Waals surface area contributed by atoms with Crippen LogP contribution >= 0.6 is 0 Å². The van der Waals surface area contributed by atoms with Crippen molar-refractivity contribution in [1.82, 2.24) is 0 Å². The number of nitro benzene ring substituents is 2. The third-order valence-electron chi connectivity index (χ3n) is 2.96. The summed E-state index contributed by atoms with van der Waals surface area (Å²) in [6.07, 6.45) is 1.26. The van der Waals surface area contributed by atoms with Gasteiger partial charge in [0.15, 0.2) is 0 Å². The molecule has 2 rings (SSSR count). The second kappa shape index (κ2) is 6.44. The fourth-order valence-corrected chi connectivity index (χ4v) is 1.78. The maximum Gasteiger partial charge on any atom is 0.285 e. The van der Waals surface area contributed by atoms with Gasteiger partial charge in [0.1, 0.15) is 0 Å². The normalized spacial score (nSPS) is 10.6. The van der Waals surface area contributed by atoms with Crippen molar-refractivity contribution < 1.29 is 9.85 Å². The Morgan fingerprint density at radius 3 is 2.45 bits per heavy atom. The van der Waals surface area contributed by atoms with E-state index in [1.165, 1.54) is 18.3 Å². The first-order chi connectivity index (χ1) is 10.5. The molecule has 0 aliphatic heterocycles. The van der Waals surface area contributed by atoms with Crippen LogP contribution in [0.2, 0.25) is 0 Å². The fourth-order valence-electron chi connectivity index (χ4n) is 1.78. The van der Waals surface area contributed by atoms with Crippen molar-refractivity contribution in [1.29, 1.82) is 0 Å². The molecule has 1 N–H and O–H groups in total. The van der Waals surface area contributed by atoms with Crippen LogP contribution in [0.4, 0.5) is 17.1 Å². The van der Waals surface area contributed by atoms with E-state index in [0.29, 0.717) is 0 Å². The Morgan fingerprint density at radius 2 is 1.82 bits per heavy atom. The molecule has 0 aliphatic rings. The number of rotatable bonds is 5. The average molecular weight is 300 g/mol. The molecular formula is C14H12N4O4. The van der Waals surface area contributed by atoms with Crippen LogP contribution in [0.15, 0.2) is 47.6 Å². The predicted octanol–water partition coefficient (Wildman–Crippen LogP) is 3.26. The molecule has 0 unspecified atom stereocenters. The minimum atomic E-state index is -0.681. The Kier molecular flexibility index (Phi) is 4.42. The molecule has 0 aromatic heterocycles. The summed E-state index contributed by atoms with van der Waals surface area (Å²) >= 11 is 0. The van der Waals surface area contributed by atoms with Gasteiger partial charge in [-0.05, 0) is 24.6 Å². The number of anilines is 1. The summed E-state index contributed by atoms with van der Waals surface area (Å²) in [6.45, 7) is 1.90. The molecule has 0 saturated heterocycles. The van der Waals surface area contributed by atoms with Gasteiger partial charge in [0.2, 0.25) is 0 Å². The molecule has 2 aromatic rings. The lowest BCUT2D eigenvalue weighted by molar-refractivity contribution is -0.394. The van der Waals surface area contributed by atoms with Crippen molar-refractivity contribution in [2.24, 2.45) is 5.10 Å². The molecule has 0 spiro atoms. The van der Waals surface area contributed by atoms with E-state index in [0.717, 1.165) is 17.3 Å². The Hall–Kier alpha value is -3.29. The van der Waals surface area contributed by atoms with Crippen molar-refractivity contribution in [2.75, 3.05) is 5.43 Å². The van der Waals surface area contributed by atoms with Gasteiger partial charge in [-0.2, -0.15) is 5.10 Å². The number of nitrogens with one attached hydrogen (secondary N) is 1. The molecule has 0 atom stereocenters. The largest absolute Gasteiger partial charge is 0.285 e. The number of hydrazone groups is 1. The molecule has 2 aromatic carbocycles. The Morgan fingerprint density at radius 1 is 1.09 bits per heavy atom. The van der Waals surface area contributed by atoms with Crippen LogP contribution in [0.3, 0.4) is 0 Å². The zero-order valence-corrected chi connectivity index (χ0v) is 11.6. The van der Waals surface area contributed by atoms with Crippen molar-refractivity contribution in [2.45, 2.75) is 6.92 Å². The number of non-ortho nitro benzene ring substituents is 1. The number of nitro groups is 2. The van der Waals surface area contributed by atoms with Crippen LogP contribution in [0.25, 0.3) is 0 Å². The van der Waals surface area contributed by atoms with Crippen LogP contribution in [-0.2, 0) is 0 Å². The molecular weight excluding hydrogens is 288 g/mol. The minimum absolute atomic E-state index is 0.177. The summed E-state index contributed by atoms with van der Waals surface area (Å²) in [7, 11) is 0. The second-order valence-corrected chi connectivity index (χ2v) is 4.44. The van der Waals surface area contributed by atoms with Crippen LogP contribution in [0.1, 0.15) is 11.1 Å². The number of hydrogen-bond donors (Lipinski definition) is 1. The third kappa shape index (κ3) is 3.42. The number of nitrogens with zero attached hydrogens (tertiary/aromatic N) is 3. The van der Waals surface area contributed by atoms with E-state index in [1.54, 1.807) is 0 Å². The number of benzene rings is 2. The lowest BCUT2D eigenvalue weighted by atomic mass is 10.2. The smallest absolute Gasteiger partial charge is 0.278 e.